The van der Waals surface area contributed by atoms with Gasteiger partial charge in [-0.2, -0.15) is 0 Å². The lowest BCUT2D eigenvalue weighted by molar-refractivity contribution is 1.09. The molecule has 2 rings (SSSR count). The smallest absolute Gasteiger partial charge is 0.00171 e. The number of hydrogen-bond acceptors (Lipinski definition) is 0. The van der Waals surface area contributed by atoms with Crippen molar-refractivity contribution < 1.29 is 0 Å². The minimum Gasteiger partial charge on any atom is -0.0776 e. The van der Waals surface area contributed by atoms with Crippen molar-refractivity contribution in [1.82, 2.24) is 0 Å². The maximum atomic E-state index is 2.37. The van der Waals surface area contributed by atoms with Crippen molar-refractivity contribution in [3.63, 3.8) is 0 Å². The van der Waals surface area contributed by atoms with Gasteiger partial charge in [0.1, 0.15) is 0 Å². The van der Waals surface area contributed by atoms with Crippen molar-refractivity contribution in [3.8, 4) is 0 Å². The molecule has 0 atom stereocenters. The highest BCUT2D eigenvalue weighted by Gasteiger charge is 2.20. The summed E-state index contributed by atoms with van der Waals surface area (Å²) in [6.45, 7) is 12.7. The fourth-order valence-electron chi connectivity index (χ4n) is 1.70. The van der Waals surface area contributed by atoms with Crippen molar-refractivity contribution in [2.45, 2.75) is 74.7 Å². The summed E-state index contributed by atoms with van der Waals surface area (Å²) >= 11 is 0. The monoisotopic (exact) mass is 236 g/mol. The van der Waals surface area contributed by atoms with Gasteiger partial charge in [0.15, 0.2) is 0 Å². The Labute approximate surface area is 109 Å². The van der Waals surface area contributed by atoms with Crippen molar-refractivity contribution >= 4 is 0 Å². The molecule has 0 radical (unpaired) electrons. The molecule has 0 nitrogen and oxygen atoms in total. The Bertz CT molecular complexity index is 297. The summed E-state index contributed by atoms with van der Waals surface area (Å²) in [6.07, 6.45) is 4.90. The molecule has 0 spiro atoms. The van der Waals surface area contributed by atoms with Gasteiger partial charge in [0.2, 0.25) is 0 Å². The van der Waals surface area contributed by atoms with Gasteiger partial charge in [-0.05, 0) is 41.5 Å². The Balaban J connectivity index is 0. The van der Waals surface area contributed by atoms with Gasteiger partial charge in [0, 0.05) is 0 Å². The van der Waals surface area contributed by atoms with Crippen molar-refractivity contribution in [2.75, 3.05) is 0 Å². The average Bonchev–Trinajstić information content (AvgIpc) is 3.10. The molecule has 0 N–H and O–H groups in total. The second kappa shape index (κ2) is 10.4. The summed E-state index contributed by atoms with van der Waals surface area (Å²) in [7, 11) is 0. The first-order valence-electron chi connectivity index (χ1n) is 6.90. The van der Waals surface area contributed by atoms with Crippen LogP contribution in [-0.2, 0) is 19.3 Å². The quantitative estimate of drug-likeness (QED) is 0.618. The maximum absolute atomic E-state index is 2.37. The molecule has 17 heavy (non-hydrogen) atoms. The highest BCUT2D eigenvalue weighted by atomic mass is 14.2. The topological polar surface area (TPSA) is 0 Å². The Hall–Kier alpha value is -0.780. The molecule has 0 amide bonds. The minimum atomic E-state index is 0. The molecule has 1 aromatic rings. The van der Waals surface area contributed by atoms with Gasteiger partial charge in [-0.1, -0.05) is 67.5 Å². The van der Waals surface area contributed by atoms with Crippen LogP contribution in [0.4, 0.5) is 0 Å². The first-order valence-corrected chi connectivity index (χ1v) is 6.90. The first kappa shape index (κ1) is 18.6. The van der Waals surface area contributed by atoms with Crippen LogP contribution in [0.25, 0.3) is 0 Å². The second-order valence-corrected chi connectivity index (χ2v) is 3.98. The van der Waals surface area contributed by atoms with E-state index in [9.17, 15) is 0 Å². The summed E-state index contributed by atoms with van der Waals surface area (Å²) in [5, 5.41) is 0. The average molecular weight is 236 g/mol. The van der Waals surface area contributed by atoms with Crippen molar-refractivity contribution in [1.29, 1.82) is 0 Å². The highest BCUT2D eigenvalue weighted by Crippen LogP contribution is 2.33. The van der Waals surface area contributed by atoms with E-state index in [0.29, 0.717) is 0 Å². The van der Waals surface area contributed by atoms with Crippen LogP contribution in [0.3, 0.4) is 0 Å². The van der Waals surface area contributed by atoms with Crippen LogP contribution in [0.1, 0.15) is 77.6 Å². The molecule has 0 heteroatoms. The number of benzene rings is 1. The fourth-order valence-corrected chi connectivity index (χ4v) is 1.70. The molecule has 1 aliphatic carbocycles. The van der Waals surface area contributed by atoms with Gasteiger partial charge in [0.25, 0.3) is 0 Å². The van der Waals surface area contributed by atoms with E-state index in [2.05, 4.69) is 39.8 Å². The zero-order chi connectivity index (χ0) is 12.6. The maximum Gasteiger partial charge on any atom is -0.00171 e. The summed E-state index contributed by atoms with van der Waals surface area (Å²) in [5.74, 6) is 0. The zero-order valence-electron chi connectivity index (χ0n) is 12.0. The fraction of sp³-hybridized carbons (Fsp3) is 0.647. The SMILES string of the molecule is C.CC.CCC.CCc1cc(CC)c2c(c1)C2. The number of fused-ring (bicyclic) bond motifs is 1. The third-order valence-electron chi connectivity index (χ3n) is 2.53. The normalized spacial score (nSPS) is 9.76. The molecule has 0 saturated heterocycles. The summed E-state index contributed by atoms with van der Waals surface area (Å²) < 4.78 is 0. The lowest BCUT2D eigenvalue weighted by Gasteiger charge is -1.98. The third kappa shape index (κ3) is 5.91. The van der Waals surface area contributed by atoms with E-state index in [-0.39, 0.29) is 7.43 Å². The number of hydrogen-bond donors (Lipinski definition) is 0. The molecule has 0 aliphatic heterocycles. The Kier molecular flexibility index (Phi) is 11.3. The molecule has 0 unspecified atom stereocenters. The summed E-state index contributed by atoms with van der Waals surface area (Å²) in [6, 6.07) is 4.72. The Morgan fingerprint density at radius 3 is 1.88 bits per heavy atom. The van der Waals surface area contributed by atoms with Crippen LogP contribution >= 0.6 is 0 Å². The van der Waals surface area contributed by atoms with E-state index >= 15 is 0 Å². The highest BCUT2D eigenvalue weighted by molar-refractivity contribution is 5.52. The van der Waals surface area contributed by atoms with Crippen LogP contribution in [0.2, 0.25) is 0 Å². The Morgan fingerprint density at radius 2 is 1.47 bits per heavy atom. The van der Waals surface area contributed by atoms with Gasteiger partial charge in [-0.3, -0.25) is 0 Å². The van der Waals surface area contributed by atoms with Crippen LogP contribution in [0, 0.1) is 0 Å². The van der Waals surface area contributed by atoms with E-state index in [4.69, 9.17) is 0 Å². The van der Waals surface area contributed by atoms with Gasteiger partial charge >= 0.3 is 0 Å². The predicted octanol–water partition coefficient (Wildman–Crippen LogP) is 5.79. The van der Waals surface area contributed by atoms with E-state index in [0.717, 1.165) is 0 Å². The van der Waals surface area contributed by atoms with Crippen LogP contribution in [-0.4, -0.2) is 0 Å². The lowest BCUT2D eigenvalue weighted by atomic mass is 10.1. The van der Waals surface area contributed by atoms with Gasteiger partial charge < -0.3 is 0 Å². The molecule has 0 bridgehead atoms. The van der Waals surface area contributed by atoms with Gasteiger partial charge in [-0.25, -0.2) is 0 Å². The molecule has 1 aromatic carbocycles. The van der Waals surface area contributed by atoms with Crippen molar-refractivity contribution in [3.05, 3.63) is 34.4 Å². The molecule has 0 fully saturated rings. The molecular formula is C17H32. The predicted molar refractivity (Wildman–Crippen MR) is 82.0 cm³/mol. The van der Waals surface area contributed by atoms with E-state index in [1.807, 2.05) is 13.8 Å². The second-order valence-electron chi connectivity index (χ2n) is 3.98. The van der Waals surface area contributed by atoms with E-state index < -0.39 is 0 Å². The molecule has 100 valence electrons. The van der Waals surface area contributed by atoms with E-state index in [1.165, 1.54) is 31.2 Å². The molecule has 0 aromatic heterocycles. The molecule has 0 heterocycles. The van der Waals surface area contributed by atoms with Crippen molar-refractivity contribution in [2.24, 2.45) is 0 Å². The first-order chi connectivity index (χ1) is 7.76. The summed E-state index contributed by atoms with van der Waals surface area (Å²) in [5.41, 5.74) is 6.32. The number of aryl methyl sites for hydroxylation is 2. The van der Waals surface area contributed by atoms with Gasteiger partial charge in [0.05, 0.1) is 0 Å². The zero-order valence-corrected chi connectivity index (χ0v) is 12.0. The van der Waals surface area contributed by atoms with Crippen LogP contribution in [0.15, 0.2) is 12.1 Å². The van der Waals surface area contributed by atoms with E-state index in [1.54, 1.807) is 16.7 Å². The minimum absolute atomic E-state index is 0. The lowest BCUT2D eigenvalue weighted by Crippen LogP contribution is -1.83. The largest absolute Gasteiger partial charge is 0.0776 e. The molecule has 1 aliphatic rings. The summed E-state index contributed by atoms with van der Waals surface area (Å²) in [4.78, 5) is 0. The molecular weight excluding hydrogens is 204 g/mol. The standard InChI is InChI=1S/C11H14.C3H8.C2H6.CH4/c1-3-8-5-9(4-2)11-7-10(11)6-8;1-3-2;1-2;/h5-6H,3-4,7H2,1-2H3;3H2,1-2H3;1-2H3;1H4. The van der Waals surface area contributed by atoms with Crippen LogP contribution < -0.4 is 0 Å². The molecule has 0 saturated carbocycles. The Morgan fingerprint density at radius 1 is 0.941 bits per heavy atom. The number of rotatable bonds is 2. The van der Waals surface area contributed by atoms with Gasteiger partial charge in [-0.15, -0.1) is 0 Å². The third-order valence-corrected chi connectivity index (χ3v) is 2.53. The van der Waals surface area contributed by atoms with Crippen LogP contribution in [0.5, 0.6) is 0 Å².